The average Bonchev–Trinajstić information content (AvgIpc) is 2.74. The minimum atomic E-state index is -0.932. The highest BCUT2D eigenvalue weighted by Gasteiger charge is 2.21. The first kappa shape index (κ1) is 19.5. The summed E-state index contributed by atoms with van der Waals surface area (Å²) in [6, 6.07) is 14.1. The Morgan fingerprint density at radius 3 is 2.32 bits per heavy atom. The van der Waals surface area contributed by atoms with Crippen molar-refractivity contribution in [3.8, 4) is 11.5 Å². The van der Waals surface area contributed by atoms with Crippen molar-refractivity contribution in [2.24, 2.45) is 0 Å². The third-order valence-corrected chi connectivity index (χ3v) is 4.74. The second kappa shape index (κ2) is 9.12. The highest BCUT2D eigenvalue weighted by atomic mass is 16.5. The van der Waals surface area contributed by atoms with Crippen molar-refractivity contribution in [3.05, 3.63) is 54.1 Å². The van der Waals surface area contributed by atoms with Crippen molar-refractivity contribution in [1.29, 1.82) is 0 Å². The van der Waals surface area contributed by atoms with Crippen LogP contribution in [0.15, 0.2) is 48.5 Å². The second-order valence-corrected chi connectivity index (χ2v) is 6.50. The van der Waals surface area contributed by atoms with Crippen molar-refractivity contribution in [1.82, 2.24) is 4.90 Å². The van der Waals surface area contributed by atoms with Crippen molar-refractivity contribution in [3.63, 3.8) is 0 Å². The highest BCUT2D eigenvalue weighted by Crippen LogP contribution is 2.20. The molecule has 28 heavy (non-hydrogen) atoms. The molecular weight excluding hydrogens is 360 g/mol. The molecule has 0 aromatic heterocycles. The molecule has 0 saturated carbocycles. The summed E-state index contributed by atoms with van der Waals surface area (Å²) in [4.78, 5) is 27.4. The van der Waals surface area contributed by atoms with Gasteiger partial charge in [0.2, 0.25) is 5.91 Å². The molecule has 1 heterocycles. The molecular formula is C21H24N2O5. The van der Waals surface area contributed by atoms with Gasteiger partial charge in [-0.15, -0.1) is 0 Å². The minimum absolute atomic E-state index is 0.0729. The zero-order valence-electron chi connectivity index (χ0n) is 15.8. The standard InChI is InChI=1S/C21H24N2O5/c1-27-18-3-2-4-19(15-18)28-14-9-20(24)23-12-10-22(11-13-23)17-7-5-16(6-8-17)21(25)26/h2-8,15H,9-14H2,1H3,(H,25,26). The number of piperazine rings is 1. The van der Waals surface area contributed by atoms with Gasteiger partial charge >= 0.3 is 5.97 Å². The lowest BCUT2D eigenvalue weighted by atomic mass is 10.2. The number of carboxylic acid groups (broad SMARTS) is 1. The summed E-state index contributed by atoms with van der Waals surface area (Å²) < 4.78 is 10.8. The van der Waals surface area contributed by atoms with Gasteiger partial charge in [-0.05, 0) is 36.4 Å². The van der Waals surface area contributed by atoms with Crippen molar-refractivity contribution < 1.29 is 24.2 Å². The van der Waals surface area contributed by atoms with E-state index in [-0.39, 0.29) is 11.5 Å². The maximum atomic E-state index is 12.4. The maximum absolute atomic E-state index is 12.4. The summed E-state index contributed by atoms with van der Waals surface area (Å²) in [7, 11) is 1.60. The summed E-state index contributed by atoms with van der Waals surface area (Å²) in [6.07, 6.45) is 0.324. The molecule has 7 nitrogen and oxygen atoms in total. The number of carbonyl (C=O) groups excluding carboxylic acids is 1. The number of rotatable bonds is 7. The van der Waals surface area contributed by atoms with E-state index in [1.54, 1.807) is 25.3 Å². The van der Waals surface area contributed by atoms with Crippen LogP contribution in [0.3, 0.4) is 0 Å². The molecule has 0 unspecified atom stereocenters. The van der Waals surface area contributed by atoms with Gasteiger partial charge in [-0.1, -0.05) is 6.07 Å². The SMILES string of the molecule is COc1cccc(OCCC(=O)N2CCN(c3ccc(C(=O)O)cc3)CC2)c1. The van der Waals surface area contributed by atoms with Crippen LogP contribution in [0, 0.1) is 0 Å². The number of methoxy groups -OCH3 is 1. The van der Waals surface area contributed by atoms with Crippen LogP contribution in [0.1, 0.15) is 16.8 Å². The van der Waals surface area contributed by atoms with Gasteiger partial charge in [0.25, 0.3) is 0 Å². The number of carbonyl (C=O) groups is 2. The van der Waals surface area contributed by atoms with E-state index in [0.29, 0.717) is 31.9 Å². The van der Waals surface area contributed by atoms with E-state index in [1.165, 1.54) is 0 Å². The van der Waals surface area contributed by atoms with Gasteiger partial charge < -0.3 is 24.4 Å². The Bertz CT molecular complexity index is 814. The molecule has 7 heteroatoms. The van der Waals surface area contributed by atoms with Gasteiger partial charge in [-0.2, -0.15) is 0 Å². The smallest absolute Gasteiger partial charge is 0.335 e. The molecule has 0 spiro atoms. The van der Waals surface area contributed by atoms with Gasteiger partial charge in [0.1, 0.15) is 11.5 Å². The molecule has 1 aliphatic heterocycles. The topological polar surface area (TPSA) is 79.3 Å². The van der Waals surface area contributed by atoms with E-state index in [2.05, 4.69) is 4.90 Å². The Hall–Kier alpha value is -3.22. The molecule has 3 rings (SSSR count). The monoisotopic (exact) mass is 384 g/mol. The van der Waals surface area contributed by atoms with E-state index in [4.69, 9.17) is 14.6 Å². The number of hydrogen-bond donors (Lipinski definition) is 1. The van der Waals surface area contributed by atoms with Gasteiger partial charge in [0, 0.05) is 37.9 Å². The average molecular weight is 384 g/mol. The zero-order valence-corrected chi connectivity index (χ0v) is 15.8. The number of amides is 1. The molecule has 0 bridgehead atoms. The second-order valence-electron chi connectivity index (χ2n) is 6.50. The van der Waals surface area contributed by atoms with E-state index < -0.39 is 5.97 Å². The van der Waals surface area contributed by atoms with Gasteiger partial charge in [0.05, 0.1) is 25.7 Å². The third-order valence-electron chi connectivity index (χ3n) is 4.74. The third kappa shape index (κ3) is 4.94. The lowest BCUT2D eigenvalue weighted by Crippen LogP contribution is -2.49. The lowest BCUT2D eigenvalue weighted by Gasteiger charge is -2.36. The summed E-state index contributed by atoms with van der Waals surface area (Å²) in [5.74, 6) is 0.542. The van der Waals surface area contributed by atoms with E-state index in [0.717, 1.165) is 24.5 Å². The summed E-state index contributed by atoms with van der Waals surface area (Å²) in [5, 5.41) is 8.98. The van der Waals surface area contributed by atoms with Crippen LogP contribution in [0.2, 0.25) is 0 Å². The first-order chi connectivity index (χ1) is 13.6. The van der Waals surface area contributed by atoms with Crippen LogP contribution in [0.5, 0.6) is 11.5 Å². The molecule has 2 aromatic carbocycles. The van der Waals surface area contributed by atoms with Gasteiger partial charge in [0.15, 0.2) is 0 Å². The summed E-state index contributed by atoms with van der Waals surface area (Å²) >= 11 is 0. The van der Waals surface area contributed by atoms with Gasteiger partial charge in [-0.3, -0.25) is 4.79 Å². The molecule has 1 fully saturated rings. The van der Waals surface area contributed by atoms with E-state index >= 15 is 0 Å². The zero-order chi connectivity index (χ0) is 19.9. The number of anilines is 1. The first-order valence-corrected chi connectivity index (χ1v) is 9.20. The molecule has 148 valence electrons. The van der Waals surface area contributed by atoms with E-state index in [1.807, 2.05) is 35.2 Å². The highest BCUT2D eigenvalue weighted by molar-refractivity contribution is 5.88. The normalized spacial score (nSPS) is 13.9. The number of ether oxygens (including phenoxy) is 2. The minimum Gasteiger partial charge on any atom is -0.497 e. The Morgan fingerprint density at radius 2 is 1.68 bits per heavy atom. The number of aromatic carboxylic acids is 1. The van der Waals surface area contributed by atoms with Crippen LogP contribution >= 0.6 is 0 Å². The first-order valence-electron chi connectivity index (χ1n) is 9.20. The Labute approximate surface area is 164 Å². The molecule has 0 atom stereocenters. The lowest BCUT2D eigenvalue weighted by molar-refractivity contribution is -0.132. The van der Waals surface area contributed by atoms with Crippen molar-refractivity contribution >= 4 is 17.6 Å². The number of carboxylic acids is 1. The predicted molar refractivity (Wildman–Crippen MR) is 105 cm³/mol. The number of nitrogens with zero attached hydrogens (tertiary/aromatic N) is 2. The molecule has 0 aliphatic carbocycles. The molecule has 1 aliphatic rings. The molecule has 1 N–H and O–H groups in total. The number of hydrogen-bond acceptors (Lipinski definition) is 5. The summed E-state index contributed by atoms with van der Waals surface area (Å²) in [6.45, 7) is 3.03. The largest absolute Gasteiger partial charge is 0.497 e. The van der Waals surface area contributed by atoms with Crippen LogP contribution in [0.4, 0.5) is 5.69 Å². The van der Waals surface area contributed by atoms with Crippen LogP contribution in [0.25, 0.3) is 0 Å². The van der Waals surface area contributed by atoms with Crippen molar-refractivity contribution in [2.45, 2.75) is 6.42 Å². The summed E-state index contributed by atoms with van der Waals surface area (Å²) in [5.41, 5.74) is 1.24. The predicted octanol–water partition coefficient (Wildman–Crippen LogP) is 2.51. The maximum Gasteiger partial charge on any atom is 0.335 e. The fourth-order valence-corrected chi connectivity index (χ4v) is 3.13. The molecule has 0 radical (unpaired) electrons. The Balaban J connectivity index is 1.43. The quantitative estimate of drug-likeness (QED) is 0.790. The van der Waals surface area contributed by atoms with Crippen LogP contribution in [-0.2, 0) is 4.79 Å². The molecule has 1 saturated heterocycles. The fourth-order valence-electron chi connectivity index (χ4n) is 3.13. The van der Waals surface area contributed by atoms with Gasteiger partial charge in [-0.25, -0.2) is 4.79 Å². The molecule has 1 amide bonds. The van der Waals surface area contributed by atoms with E-state index in [9.17, 15) is 9.59 Å². The van der Waals surface area contributed by atoms with Crippen molar-refractivity contribution in [2.75, 3.05) is 44.8 Å². The Kier molecular flexibility index (Phi) is 6.37. The van der Waals surface area contributed by atoms with Crippen LogP contribution < -0.4 is 14.4 Å². The Morgan fingerprint density at radius 1 is 1.00 bits per heavy atom. The van der Waals surface area contributed by atoms with Crippen LogP contribution in [-0.4, -0.2) is 61.8 Å². The number of benzene rings is 2. The molecule has 2 aromatic rings. The fraction of sp³-hybridized carbons (Fsp3) is 0.333.